The third-order valence-electron chi connectivity index (χ3n) is 2.27. The number of aliphatic hydroxyl groups is 2. The highest BCUT2D eigenvalue weighted by molar-refractivity contribution is 9.11. The molecular weight excluding hydrogens is 366 g/mol. The summed E-state index contributed by atoms with van der Waals surface area (Å²) in [7, 11) is 0. The Morgan fingerprint density at radius 1 is 1.33 bits per heavy atom. The summed E-state index contributed by atoms with van der Waals surface area (Å²) in [6.07, 6.45) is -0.870. The highest BCUT2D eigenvalue weighted by atomic mass is 79.9. The van der Waals surface area contributed by atoms with Gasteiger partial charge in [-0.3, -0.25) is 0 Å². The average molecular weight is 383 g/mol. The van der Waals surface area contributed by atoms with Crippen LogP contribution >= 0.6 is 31.9 Å². The predicted molar refractivity (Wildman–Crippen MR) is 77.8 cm³/mol. The first kappa shape index (κ1) is 15.9. The molecule has 0 saturated carbocycles. The fraction of sp³-hybridized carbons (Fsp3) is 0.500. The highest BCUT2D eigenvalue weighted by Crippen LogP contribution is 2.34. The number of aliphatic hydroxyl groups excluding tert-OH is 2. The van der Waals surface area contributed by atoms with Gasteiger partial charge < -0.3 is 20.3 Å². The molecule has 0 saturated heterocycles. The number of hydrogen-bond acceptors (Lipinski definition) is 4. The molecule has 1 atom stereocenters. The Hall–Kier alpha value is -0.140. The summed E-state index contributed by atoms with van der Waals surface area (Å²) in [5.74, 6) is 0.628. The molecule has 6 heteroatoms. The maximum absolute atomic E-state index is 9.26. The zero-order valence-electron chi connectivity index (χ0n) is 10.1. The minimum absolute atomic E-state index is 0.0558. The molecule has 0 amide bonds. The second kappa shape index (κ2) is 8.12. The summed E-state index contributed by atoms with van der Waals surface area (Å²) >= 11 is 6.87. The van der Waals surface area contributed by atoms with Crippen molar-refractivity contribution in [2.45, 2.75) is 19.6 Å². The lowest BCUT2D eigenvalue weighted by atomic mass is 10.2. The lowest BCUT2D eigenvalue weighted by Gasteiger charge is -2.14. The van der Waals surface area contributed by atoms with Crippen LogP contribution in [0.15, 0.2) is 21.1 Å². The van der Waals surface area contributed by atoms with Crippen molar-refractivity contribution in [3.63, 3.8) is 0 Å². The van der Waals surface area contributed by atoms with E-state index in [1.54, 1.807) is 0 Å². The van der Waals surface area contributed by atoms with Gasteiger partial charge in [0.1, 0.15) is 18.5 Å². The summed E-state index contributed by atoms with van der Waals surface area (Å²) < 4.78 is 7.09. The lowest BCUT2D eigenvalue weighted by Crippen LogP contribution is -2.21. The van der Waals surface area contributed by atoms with Crippen LogP contribution in [0.1, 0.15) is 12.5 Å². The van der Waals surface area contributed by atoms with Crippen LogP contribution in [0.3, 0.4) is 0 Å². The van der Waals surface area contributed by atoms with Gasteiger partial charge >= 0.3 is 0 Å². The Bertz CT molecular complexity index is 365. The quantitative estimate of drug-likeness (QED) is 0.675. The van der Waals surface area contributed by atoms with Gasteiger partial charge in [0.15, 0.2) is 0 Å². The summed E-state index contributed by atoms with van der Waals surface area (Å²) in [5.41, 5.74) is 1.13. The molecule has 0 bridgehead atoms. The molecule has 0 fully saturated rings. The van der Waals surface area contributed by atoms with Crippen molar-refractivity contribution < 1.29 is 14.9 Å². The van der Waals surface area contributed by atoms with E-state index >= 15 is 0 Å². The molecule has 1 rings (SSSR count). The molecule has 1 aromatic carbocycles. The van der Waals surface area contributed by atoms with Crippen molar-refractivity contribution in [3.8, 4) is 5.75 Å². The molecule has 0 aliphatic rings. The summed E-state index contributed by atoms with van der Waals surface area (Å²) in [5, 5.41) is 21.2. The standard InChI is InChI=1S/C12H17Br2NO3/c1-2-15-5-8-3-10(13)12(11(14)4-8)18-7-9(17)6-16/h3-4,9,15-17H,2,5-7H2,1H3. The van der Waals surface area contributed by atoms with Gasteiger partial charge in [0.2, 0.25) is 0 Å². The van der Waals surface area contributed by atoms with Crippen LogP contribution in [0.2, 0.25) is 0 Å². The third kappa shape index (κ3) is 4.85. The largest absolute Gasteiger partial charge is 0.488 e. The molecule has 18 heavy (non-hydrogen) atoms. The van der Waals surface area contributed by atoms with Crippen LogP contribution in [0.5, 0.6) is 5.75 Å². The van der Waals surface area contributed by atoms with Gasteiger partial charge in [-0.2, -0.15) is 0 Å². The van der Waals surface area contributed by atoms with Crippen LogP contribution < -0.4 is 10.1 Å². The van der Waals surface area contributed by atoms with Crippen LogP contribution in [-0.4, -0.2) is 36.1 Å². The highest BCUT2D eigenvalue weighted by Gasteiger charge is 2.11. The normalized spacial score (nSPS) is 12.5. The van der Waals surface area contributed by atoms with Crippen molar-refractivity contribution in [2.75, 3.05) is 19.8 Å². The summed E-state index contributed by atoms with van der Waals surface area (Å²) in [6, 6.07) is 3.93. The van der Waals surface area contributed by atoms with Gasteiger partial charge in [-0.15, -0.1) is 0 Å². The Balaban J connectivity index is 2.74. The zero-order chi connectivity index (χ0) is 13.5. The van der Waals surface area contributed by atoms with E-state index in [0.717, 1.165) is 27.6 Å². The molecule has 0 aromatic heterocycles. The molecule has 1 aromatic rings. The van der Waals surface area contributed by atoms with E-state index in [1.807, 2.05) is 12.1 Å². The van der Waals surface area contributed by atoms with Crippen LogP contribution in [0.4, 0.5) is 0 Å². The molecule has 3 N–H and O–H groups in total. The number of nitrogens with one attached hydrogen (secondary N) is 1. The molecule has 0 aliphatic carbocycles. The van der Waals surface area contributed by atoms with E-state index in [-0.39, 0.29) is 13.2 Å². The number of rotatable bonds is 7. The molecule has 0 aliphatic heterocycles. The van der Waals surface area contributed by atoms with Crippen molar-refractivity contribution in [3.05, 3.63) is 26.6 Å². The number of halogens is 2. The third-order valence-corrected chi connectivity index (χ3v) is 3.45. The van der Waals surface area contributed by atoms with Crippen LogP contribution in [0.25, 0.3) is 0 Å². The van der Waals surface area contributed by atoms with E-state index in [2.05, 4.69) is 44.1 Å². The van der Waals surface area contributed by atoms with E-state index in [1.165, 1.54) is 0 Å². The molecule has 0 spiro atoms. The Morgan fingerprint density at radius 3 is 2.44 bits per heavy atom. The van der Waals surface area contributed by atoms with Crippen LogP contribution in [-0.2, 0) is 6.54 Å². The maximum atomic E-state index is 9.26. The Labute approximate surface area is 124 Å². The number of hydrogen-bond donors (Lipinski definition) is 3. The number of benzene rings is 1. The molecule has 0 radical (unpaired) electrons. The second-order valence-electron chi connectivity index (χ2n) is 3.82. The smallest absolute Gasteiger partial charge is 0.147 e. The topological polar surface area (TPSA) is 61.7 Å². The Morgan fingerprint density at radius 2 is 1.94 bits per heavy atom. The zero-order valence-corrected chi connectivity index (χ0v) is 13.3. The molecule has 4 nitrogen and oxygen atoms in total. The molecule has 102 valence electrons. The fourth-order valence-corrected chi connectivity index (χ4v) is 2.86. The summed E-state index contributed by atoms with van der Waals surface area (Å²) in [4.78, 5) is 0. The predicted octanol–water partition coefficient (Wildman–Crippen LogP) is 2.05. The van der Waals surface area contributed by atoms with E-state index in [0.29, 0.717) is 5.75 Å². The van der Waals surface area contributed by atoms with Gasteiger partial charge in [-0.25, -0.2) is 0 Å². The summed E-state index contributed by atoms with van der Waals surface area (Å²) in [6.45, 7) is 3.50. The van der Waals surface area contributed by atoms with Crippen molar-refractivity contribution >= 4 is 31.9 Å². The first-order valence-electron chi connectivity index (χ1n) is 5.68. The number of ether oxygens (including phenoxy) is 1. The molecule has 1 unspecified atom stereocenters. The van der Waals surface area contributed by atoms with Gasteiger partial charge in [0.05, 0.1) is 15.6 Å². The fourth-order valence-electron chi connectivity index (χ4n) is 1.35. The first-order valence-corrected chi connectivity index (χ1v) is 7.27. The van der Waals surface area contributed by atoms with Gasteiger partial charge in [0, 0.05) is 6.54 Å². The maximum Gasteiger partial charge on any atom is 0.147 e. The monoisotopic (exact) mass is 381 g/mol. The minimum atomic E-state index is -0.870. The SMILES string of the molecule is CCNCc1cc(Br)c(OCC(O)CO)c(Br)c1. The molecular formula is C12H17Br2NO3. The van der Waals surface area contributed by atoms with Crippen molar-refractivity contribution in [1.29, 1.82) is 0 Å². The van der Waals surface area contributed by atoms with Crippen molar-refractivity contribution in [2.24, 2.45) is 0 Å². The van der Waals surface area contributed by atoms with Gasteiger partial charge in [0.25, 0.3) is 0 Å². The first-order chi connectivity index (χ1) is 8.58. The average Bonchev–Trinajstić information content (AvgIpc) is 2.34. The molecule has 0 heterocycles. The van der Waals surface area contributed by atoms with E-state index < -0.39 is 6.10 Å². The van der Waals surface area contributed by atoms with Gasteiger partial charge in [-0.05, 0) is 56.1 Å². The van der Waals surface area contributed by atoms with Crippen LogP contribution in [0, 0.1) is 0 Å². The second-order valence-corrected chi connectivity index (χ2v) is 5.52. The van der Waals surface area contributed by atoms with E-state index in [9.17, 15) is 5.11 Å². The van der Waals surface area contributed by atoms with Crippen molar-refractivity contribution in [1.82, 2.24) is 5.32 Å². The van der Waals surface area contributed by atoms with E-state index in [4.69, 9.17) is 9.84 Å². The van der Waals surface area contributed by atoms with Gasteiger partial charge in [-0.1, -0.05) is 6.92 Å². The Kier molecular flexibility index (Phi) is 7.18. The lowest BCUT2D eigenvalue weighted by molar-refractivity contribution is 0.0531. The minimum Gasteiger partial charge on any atom is -0.488 e.